The molecule has 0 fully saturated rings. The van der Waals surface area contributed by atoms with E-state index >= 15 is 0 Å². The minimum atomic E-state index is -0.883. The second kappa shape index (κ2) is 12.2. The molecule has 3 nitrogen and oxygen atoms in total. The Hall–Kier alpha value is -1.57. The monoisotopic (exact) mass is 291 g/mol. The molecule has 0 radical (unpaired) electrons. The van der Waals surface area contributed by atoms with Gasteiger partial charge in [-0.2, -0.15) is 0 Å². The maximum atomic E-state index is 11.4. The Morgan fingerprint density at radius 2 is 1.95 bits per heavy atom. The van der Waals surface area contributed by atoms with E-state index < -0.39 is 5.60 Å². The lowest BCUT2D eigenvalue weighted by Gasteiger charge is -2.16. The van der Waals surface area contributed by atoms with E-state index in [0.717, 1.165) is 25.7 Å². The number of hydrogen-bond acceptors (Lipinski definition) is 2. The molecule has 0 bridgehead atoms. The normalized spacial score (nSPS) is 11.6. The van der Waals surface area contributed by atoms with Crippen LogP contribution in [0.3, 0.4) is 0 Å². The average molecular weight is 291 g/mol. The summed E-state index contributed by atoms with van der Waals surface area (Å²) < 4.78 is 0. The summed E-state index contributed by atoms with van der Waals surface area (Å²) in [7, 11) is 0. The number of aliphatic hydroxyl groups is 1. The fourth-order valence-corrected chi connectivity index (χ4v) is 1.50. The quantitative estimate of drug-likeness (QED) is 0.212. The first kappa shape index (κ1) is 19.4. The van der Waals surface area contributed by atoms with Crippen LogP contribution in [0.2, 0.25) is 0 Å². The van der Waals surface area contributed by atoms with Gasteiger partial charge in [0.05, 0.1) is 5.60 Å². The van der Waals surface area contributed by atoms with Crippen LogP contribution < -0.4 is 5.32 Å². The predicted molar refractivity (Wildman–Crippen MR) is 89.0 cm³/mol. The van der Waals surface area contributed by atoms with Crippen molar-refractivity contribution in [3.05, 3.63) is 42.2 Å². The third-order valence-corrected chi connectivity index (χ3v) is 2.62. The van der Waals surface area contributed by atoms with Gasteiger partial charge in [-0.25, -0.2) is 0 Å². The lowest BCUT2D eigenvalue weighted by atomic mass is 10.1. The highest BCUT2D eigenvalue weighted by molar-refractivity contribution is 5.87. The lowest BCUT2D eigenvalue weighted by Crippen LogP contribution is -2.37. The Bertz CT molecular complexity index is 394. The molecule has 0 aromatic carbocycles. The smallest absolute Gasteiger partial charge is 0.244 e. The zero-order valence-electron chi connectivity index (χ0n) is 13.6. The molecule has 0 aromatic heterocycles. The number of carbonyl (C=O) groups excluding carboxylic acids is 1. The van der Waals surface area contributed by atoms with Crippen molar-refractivity contribution in [3.63, 3.8) is 0 Å². The van der Waals surface area contributed by atoms with Gasteiger partial charge in [0.1, 0.15) is 0 Å². The third kappa shape index (κ3) is 16.4. The summed E-state index contributed by atoms with van der Waals surface area (Å²) in [4.78, 5) is 11.4. The number of carbonyl (C=O) groups is 1. The van der Waals surface area contributed by atoms with Gasteiger partial charge >= 0.3 is 0 Å². The Morgan fingerprint density at radius 3 is 2.62 bits per heavy atom. The van der Waals surface area contributed by atoms with E-state index in [0.29, 0.717) is 0 Å². The van der Waals surface area contributed by atoms with Crippen molar-refractivity contribution in [1.82, 2.24) is 5.32 Å². The highest BCUT2D eigenvalue weighted by Crippen LogP contribution is 2.01. The zero-order chi connectivity index (χ0) is 16.0. The Balaban J connectivity index is 3.73. The number of allylic oxidation sites excluding steroid dienone is 4. The molecule has 0 atom stereocenters. The van der Waals surface area contributed by atoms with Crippen LogP contribution in [0.4, 0.5) is 0 Å². The summed E-state index contributed by atoms with van der Waals surface area (Å²) in [5.41, 5.74) is 2.15. The van der Waals surface area contributed by atoms with Gasteiger partial charge in [0.15, 0.2) is 0 Å². The highest BCUT2D eigenvalue weighted by atomic mass is 16.3. The molecular formula is C18H29NO2. The number of nitrogens with one attached hydrogen (secondary N) is 1. The van der Waals surface area contributed by atoms with E-state index in [1.807, 2.05) is 6.08 Å². The number of amides is 1. The topological polar surface area (TPSA) is 49.3 Å². The molecule has 0 spiro atoms. The average Bonchev–Trinajstić information content (AvgIpc) is 2.42. The second-order valence-electron chi connectivity index (χ2n) is 5.59. The molecule has 0 aliphatic carbocycles. The van der Waals surface area contributed by atoms with Crippen LogP contribution in [0.5, 0.6) is 0 Å². The second-order valence-corrected chi connectivity index (χ2v) is 5.59. The van der Waals surface area contributed by atoms with Crippen LogP contribution in [0.25, 0.3) is 0 Å². The van der Waals surface area contributed by atoms with Crippen LogP contribution in [0, 0.1) is 0 Å². The fourth-order valence-electron chi connectivity index (χ4n) is 1.50. The summed E-state index contributed by atoms with van der Waals surface area (Å²) >= 11 is 0. The molecule has 0 aromatic rings. The molecule has 0 saturated carbocycles. The van der Waals surface area contributed by atoms with Crippen LogP contribution in [-0.4, -0.2) is 23.2 Å². The van der Waals surface area contributed by atoms with E-state index in [-0.39, 0.29) is 12.5 Å². The van der Waals surface area contributed by atoms with Crippen molar-refractivity contribution in [2.75, 3.05) is 6.54 Å². The molecule has 0 heterocycles. The van der Waals surface area contributed by atoms with E-state index in [1.165, 1.54) is 12.5 Å². The van der Waals surface area contributed by atoms with Gasteiger partial charge in [-0.05, 0) is 64.2 Å². The maximum Gasteiger partial charge on any atom is 0.244 e. The zero-order valence-corrected chi connectivity index (χ0v) is 13.6. The molecule has 0 saturated heterocycles. The Kier molecular flexibility index (Phi) is 11.3. The van der Waals surface area contributed by atoms with Gasteiger partial charge in [-0.1, -0.05) is 19.1 Å². The molecule has 118 valence electrons. The standard InChI is InChI=1S/C18H29NO2/c1-4-5-6-7-8-9-10-11-12-13-14-15-17(20)19-16-18(2,3)21/h5-6,11,13-15,21H,4,7-10,16H2,1-3H3,(H,19,20). The third-order valence-electron chi connectivity index (χ3n) is 2.62. The van der Waals surface area contributed by atoms with Gasteiger partial charge in [0, 0.05) is 12.6 Å². The minimum absolute atomic E-state index is 0.210. The molecule has 0 aliphatic heterocycles. The summed E-state index contributed by atoms with van der Waals surface area (Å²) in [6, 6.07) is 0. The number of rotatable bonds is 10. The molecular weight excluding hydrogens is 262 g/mol. The highest BCUT2D eigenvalue weighted by Gasteiger charge is 2.12. The first-order chi connectivity index (χ1) is 9.95. The van der Waals surface area contributed by atoms with E-state index in [4.69, 9.17) is 0 Å². The number of hydrogen-bond donors (Lipinski definition) is 2. The maximum absolute atomic E-state index is 11.4. The Morgan fingerprint density at radius 1 is 1.24 bits per heavy atom. The van der Waals surface area contributed by atoms with Crippen LogP contribution in [-0.2, 0) is 4.79 Å². The molecule has 2 N–H and O–H groups in total. The first-order valence-electron chi connectivity index (χ1n) is 7.68. The number of unbranched alkanes of at least 4 members (excludes halogenated alkanes) is 3. The van der Waals surface area contributed by atoms with Gasteiger partial charge in [-0.3, -0.25) is 4.79 Å². The molecule has 3 heteroatoms. The van der Waals surface area contributed by atoms with E-state index in [1.54, 1.807) is 26.0 Å². The molecule has 0 aliphatic rings. The Labute approximate surface area is 129 Å². The van der Waals surface area contributed by atoms with Crippen LogP contribution in [0.1, 0.15) is 52.9 Å². The van der Waals surface area contributed by atoms with Crippen molar-refractivity contribution >= 4 is 5.91 Å². The summed E-state index contributed by atoms with van der Waals surface area (Å²) in [6.45, 7) is 5.68. The van der Waals surface area contributed by atoms with Gasteiger partial charge < -0.3 is 10.4 Å². The molecule has 0 rings (SSSR count). The summed E-state index contributed by atoms with van der Waals surface area (Å²) in [5, 5.41) is 12.1. The van der Waals surface area contributed by atoms with Crippen molar-refractivity contribution in [2.24, 2.45) is 0 Å². The molecule has 21 heavy (non-hydrogen) atoms. The summed E-state index contributed by atoms with van der Waals surface area (Å²) in [6.07, 6.45) is 16.8. The summed E-state index contributed by atoms with van der Waals surface area (Å²) in [5.74, 6) is -0.210. The van der Waals surface area contributed by atoms with E-state index in [2.05, 4.69) is 30.1 Å². The largest absolute Gasteiger partial charge is 0.389 e. The SMILES string of the molecule is CCC=CCCCCC=C=CC=CC(=O)NCC(C)(C)O. The predicted octanol–water partition coefficient (Wildman–Crippen LogP) is 3.67. The molecule has 0 unspecified atom stereocenters. The van der Waals surface area contributed by atoms with E-state index in [9.17, 15) is 9.90 Å². The van der Waals surface area contributed by atoms with Crippen molar-refractivity contribution in [1.29, 1.82) is 0 Å². The van der Waals surface area contributed by atoms with Gasteiger partial charge in [-0.15, -0.1) is 5.73 Å². The van der Waals surface area contributed by atoms with Crippen molar-refractivity contribution in [3.8, 4) is 0 Å². The minimum Gasteiger partial charge on any atom is -0.389 e. The molecule has 1 amide bonds. The van der Waals surface area contributed by atoms with Crippen molar-refractivity contribution in [2.45, 2.75) is 58.5 Å². The first-order valence-corrected chi connectivity index (χ1v) is 7.68. The van der Waals surface area contributed by atoms with Gasteiger partial charge in [0.25, 0.3) is 0 Å². The van der Waals surface area contributed by atoms with Crippen molar-refractivity contribution < 1.29 is 9.90 Å². The fraction of sp³-hybridized carbons (Fsp3) is 0.556. The van der Waals surface area contributed by atoms with Crippen LogP contribution >= 0.6 is 0 Å². The van der Waals surface area contributed by atoms with Crippen LogP contribution in [0.15, 0.2) is 42.2 Å². The van der Waals surface area contributed by atoms with Gasteiger partial charge in [0.2, 0.25) is 5.91 Å². The lowest BCUT2D eigenvalue weighted by molar-refractivity contribution is -0.117.